The molecule has 0 atom stereocenters. The Morgan fingerprint density at radius 2 is 1.31 bits per heavy atom. The molecule has 1 aliphatic carbocycles. The van der Waals surface area contributed by atoms with Gasteiger partial charge in [0.2, 0.25) is 0 Å². The van der Waals surface area contributed by atoms with Crippen LogP contribution in [0.25, 0.3) is 50.5 Å². The first-order chi connectivity index (χ1) is 17.6. The number of nitrogens with zero attached hydrogens (tertiary/aromatic N) is 4. The fraction of sp³-hybridized carbons (Fsp3) is 0.0938. The maximum Gasteiger partial charge on any atom is 0.0915 e. The molecule has 0 unspecified atom stereocenters. The Morgan fingerprint density at radius 3 is 1.97 bits per heavy atom. The van der Waals surface area contributed by atoms with E-state index in [0.717, 1.165) is 28.5 Å². The largest absolute Gasteiger partial charge is 0.316 e. The van der Waals surface area contributed by atoms with Gasteiger partial charge in [0.15, 0.2) is 0 Å². The van der Waals surface area contributed by atoms with Crippen LogP contribution in [0, 0.1) is 0 Å². The first-order valence-corrected chi connectivity index (χ1v) is 12.2. The maximum absolute atomic E-state index is 4.93. The van der Waals surface area contributed by atoms with E-state index in [-0.39, 0.29) is 5.41 Å². The number of aromatic nitrogens is 4. The van der Waals surface area contributed by atoms with Gasteiger partial charge < -0.3 is 4.57 Å². The monoisotopic (exact) mass is 464 g/mol. The second-order valence-corrected chi connectivity index (χ2v) is 9.80. The second kappa shape index (κ2) is 7.72. The molecule has 4 heteroatoms. The molecule has 0 saturated carbocycles. The highest BCUT2D eigenvalue weighted by atomic mass is 15.0. The summed E-state index contributed by atoms with van der Waals surface area (Å²) >= 11 is 0. The summed E-state index contributed by atoms with van der Waals surface area (Å²) in [7, 11) is 0. The van der Waals surface area contributed by atoms with E-state index in [0.29, 0.717) is 0 Å². The normalized spacial score (nSPS) is 13.5. The molecule has 0 radical (unpaired) electrons. The maximum atomic E-state index is 4.93. The lowest BCUT2D eigenvalue weighted by Crippen LogP contribution is -2.14. The third kappa shape index (κ3) is 3.04. The van der Waals surface area contributed by atoms with Crippen molar-refractivity contribution in [3.63, 3.8) is 0 Å². The van der Waals surface area contributed by atoms with Crippen molar-refractivity contribution in [2.75, 3.05) is 0 Å². The van der Waals surface area contributed by atoms with Crippen LogP contribution in [0.1, 0.15) is 25.0 Å². The molecule has 4 heterocycles. The van der Waals surface area contributed by atoms with Crippen molar-refractivity contribution in [2.45, 2.75) is 19.3 Å². The standard InChI is InChI=1S/C32H24N4/c1-32(2)24-10-4-3-9-22(24)31-23-15-18-36(30(23)14-13-25(31)32)21-19-28(26-11-5-7-16-33-26)35-29(20-21)27-12-6-8-17-34-27/h3-20H,1-2H3. The Kier molecular flexibility index (Phi) is 4.45. The SMILES string of the molecule is CC1(C)c2ccccc2-c2c1ccc1c2ccn1-c1cc(-c2ccccn2)nc(-c2ccccn2)c1. The van der Waals surface area contributed by atoms with Crippen molar-refractivity contribution < 1.29 is 0 Å². The number of fused-ring (bicyclic) bond motifs is 5. The molecule has 0 aliphatic heterocycles. The van der Waals surface area contributed by atoms with Gasteiger partial charge in [0, 0.05) is 35.1 Å². The molecule has 1 aliphatic rings. The van der Waals surface area contributed by atoms with Crippen LogP contribution in [0.3, 0.4) is 0 Å². The summed E-state index contributed by atoms with van der Waals surface area (Å²) in [6.45, 7) is 4.64. The predicted molar refractivity (Wildman–Crippen MR) is 145 cm³/mol. The van der Waals surface area contributed by atoms with Crippen LogP contribution >= 0.6 is 0 Å². The van der Waals surface area contributed by atoms with Crippen LogP contribution in [0.15, 0.2) is 110 Å². The number of pyridine rings is 3. The highest BCUT2D eigenvalue weighted by Gasteiger charge is 2.36. The van der Waals surface area contributed by atoms with E-state index in [4.69, 9.17) is 4.98 Å². The summed E-state index contributed by atoms with van der Waals surface area (Å²) in [5, 5.41) is 1.26. The van der Waals surface area contributed by atoms with Crippen molar-refractivity contribution in [3.8, 4) is 39.6 Å². The van der Waals surface area contributed by atoms with E-state index >= 15 is 0 Å². The molecule has 0 N–H and O–H groups in total. The number of rotatable bonds is 3. The molecule has 7 rings (SSSR count). The molecule has 4 nitrogen and oxygen atoms in total. The van der Waals surface area contributed by atoms with Crippen LogP contribution in [0.4, 0.5) is 0 Å². The second-order valence-electron chi connectivity index (χ2n) is 9.80. The summed E-state index contributed by atoms with van der Waals surface area (Å²) in [6, 6.07) is 31.6. The molecular formula is C32H24N4. The van der Waals surface area contributed by atoms with Gasteiger partial charge >= 0.3 is 0 Å². The summed E-state index contributed by atoms with van der Waals surface area (Å²) in [4.78, 5) is 14.1. The molecule has 4 aromatic heterocycles. The van der Waals surface area contributed by atoms with E-state index in [9.17, 15) is 0 Å². The van der Waals surface area contributed by atoms with E-state index in [2.05, 4.69) is 89.2 Å². The molecule has 36 heavy (non-hydrogen) atoms. The minimum absolute atomic E-state index is 0.0167. The van der Waals surface area contributed by atoms with Gasteiger partial charge in [0.1, 0.15) is 0 Å². The Hall–Kier alpha value is -4.57. The molecule has 0 amide bonds. The fourth-order valence-corrected chi connectivity index (χ4v) is 5.59. The summed E-state index contributed by atoms with van der Waals surface area (Å²) in [5.74, 6) is 0. The quantitative estimate of drug-likeness (QED) is 0.273. The average molecular weight is 465 g/mol. The molecule has 6 aromatic rings. The minimum Gasteiger partial charge on any atom is -0.316 e. The zero-order valence-electron chi connectivity index (χ0n) is 20.2. The van der Waals surface area contributed by atoms with Crippen LogP contribution < -0.4 is 0 Å². The number of hydrogen-bond acceptors (Lipinski definition) is 3. The molecule has 0 fully saturated rings. The first kappa shape index (κ1) is 20.8. The zero-order valence-corrected chi connectivity index (χ0v) is 20.2. The molecule has 0 saturated heterocycles. The van der Waals surface area contributed by atoms with Gasteiger partial charge in [-0.25, -0.2) is 4.98 Å². The Balaban J connectivity index is 1.47. The molecule has 0 spiro atoms. The fourth-order valence-electron chi connectivity index (χ4n) is 5.59. The van der Waals surface area contributed by atoms with Crippen LogP contribution in [0.2, 0.25) is 0 Å². The third-order valence-corrected chi connectivity index (χ3v) is 7.36. The molecule has 172 valence electrons. The number of benzene rings is 2. The van der Waals surface area contributed by atoms with Gasteiger partial charge in [-0.2, -0.15) is 0 Å². The lowest BCUT2D eigenvalue weighted by Gasteiger charge is -2.21. The lowest BCUT2D eigenvalue weighted by molar-refractivity contribution is 0.661. The smallest absolute Gasteiger partial charge is 0.0915 e. The topological polar surface area (TPSA) is 43.6 Å². The van der Waals surface area contributed by atoms with Gasteiger partial charge in [-0.05, 0) is 70.8 Å². The summed E-state index contributed by atoms with van der Waals surface area (Å²) in [6.07, 6.45) is 5.77. The van der Waals surface area contributed by atoms with Gasteiger partial charge in [-0.3, -0.25) is 9.97 Å². The van der Waals surface area contributed by atoms with Gasteiger partial charge in [0.25, 0.3) is 0 Å². The van der Waals surface area contributed by atoms with Crippen LogP contribution in [-0.2, 0) is 5.41 Å². The Bertz CT molecular complexity index is 1690. The summed E-state index contributed by atoms with van der Waals surface area (Å²) in [5.41, 5.74) is 11.0. The molecular weight excluding hydrogens is 440 g/mol. The highest BCUT2D eigenvalue weighted by Crippen LogP contribution is 2.51. The van der Waals surface area contributed by atoms with Crippen molar-refractivity contribution >= 4 is 10.9 Å². The van der Waals surface area contributed by atoms with E-state index in [1.54, 1.807) is 12.4 Å². The van der Waals surface area contributed by atoms with E-state index in [1.165, 1.54) is 33.2 Å². The molecule has 0 bridgehead atoms. The first-order valence-electron chi connectivity index (χ1n) is 12.2. The lowest BCUT2D eigenvalue weighted by atomic mass is 9.82. The highest BCUT2D eigenvalue weighted by molar-refractivity contribution is 6.02. The molecule has 2 aromatic carbocycles. The zero-order chi connectivity index (χ0) is 24.3. The predicted octanol–water partition coefficient (Wildman–Crippen LogP) is 7.46. The van der Waals surface area contributed by atoms with Gasteiger partial charge in [0.05, 0.1) is 28.3 Å². The van der Waals surface area contributed by atoms with Crippen molar-refractivity contribution in [2.24, 2.45) is 0 Å². The average Bonchev–Trinajstić information content (AvgIpc) is 3.46. The van der Waals surface area contributed by atoms with Crippen LogP contribution in [-0.4, -0.2) is 19.5 Å². The van der Waals surface area contributed by atoms with Crippen LogP contribution in [0.5, 0.6) is 0 Å². The van der Waals surface area contributed by atoms with Gasteiger partial charge in [-0.15, -0.1) is 0 Å². The minimum atomic E-state index is -0.0167. The Labute approximate surface area is 210 Å². The Morgan fingerprint density at radius 1 is 0.639 bits per heavy atom. The third-order valence-electron chi connectivity index (χ3n) is 7.36. The van der Waals surface area contributed by atoms with Crippen molar-refractivity contribution in [1.29, 1.82) is 0 Å². The van der Waals surface area contributed by atoms with E-state index < -0.39 is 0 Å². The van der Waals surface area contributed by atoms with E-state index in [1.807, 2.05) is 36.4 Å². The summed E-state index contributed by atoms with van der Waals surface area (Å²) < 4.78 is 2.25. The van der Waals surface area contributed by atoms with Gasteiger partial charge in [-0.1, -0.05) is 56.3 Å². The van der Waals surface area contributed by atoms with Crippen molar-refractivity contribution in [1.82, 2.24) is 19.5 Å². The number of hydrogen-bond donors (Lipinski definition) is 0. The van der Waals surface area contributed by atoms with Crippen molar-refractivity contribution in [3.05, 3.63) is 121 Å².